The van der Waals surface area contributed by atoms with Crippen LogP contribution in [0.3, 0.4) is 0 Å². The molecule has 0 bridgehead atoms. The van der Waals surface area contributed by atoms with Gasteiger partial charge in [-0.25, -0.2) is 19.3 Å². The molecule has 4 rings (SSSR count). The molecule has 3 heterocycles. The van der Waals surface area contributed by atoms with Crippen molar-refractivity contribution in [2.45, 2.75) is 42.1 Å². The highest BCUT2D eigenvalue weighted by atomic mass is 32.2. The summed E-state index contributed by atoms with van der Waals surface area (Å²) in [6, 6.07) is 3.15. The van der Waals surface area contributed by atoms with Gasteiger partial charge in [0.05, 0.1) is 15.5 Å². The average molecular weight is 477 g/mol. The van der Waals surface area contributed by atoms with Gasteiger partial charge in [0.25, 0.3) is 0 Å². The number of hydrogen-bond donors (Lipinski definition) is 4. The van der Waals surface area contributed by atoms with E-state index in [1.807, 2.05) is 0 Å². The van der Waals surface area contributed by atoms with Crippen molar-refractivity contribution < 1.29 is 33.3 Å². The van der Waals surface area contributed by atoms with Gasteiger partial charge in [0.15, 0.2) is 0 Å². The number of hydrogen-bond acceptors (Lipinski definition) is 6. The molecule has 3 saturated heterocycles. The predicted molar refractivity (Wildman–Crippen MR) is 114 cm³/mol. The van der Waals surface area contributed by atoms with E-state index in [4.69, 9.17) is 0 Å². The van der Waals surface area contributed by atoms with Gasteiger partial charge in [-0.2, -0.15) is 0 Å². The third-order valence-electron chi connectivity index (χ3n) is 6.05. The maximum absolute atomic E-state index is 13.2. The minimum atomic E-state index is -1.75. The number of aliphatic carboxylic acids is 1. The van der Waals surface area contributed by atoms with Crippen molar-refractivity contribution in [3.63, 3.8) is 0 Å². The molecule has 3 fully saturated rings. The summed E-state index contributed by atoms with van der Waals surface area (Å²) < 4.78 is 11.7. The van der Waals surface area contributed by atoms with Crippen LogP contribution in [-0.4, -0.2) is 84.3 Å². The number of nitrogens with zero attached hydrogens (tertiary/aromatic N) is 2. The van der Waals surface area contributed by atoms with Crippen LogP contribution in [0.2, 0.25) is 0 Å². The molecule has 3 aliphatic rings. The second-order valence-electron chi connectivity index (χ2n) is 8.44. The normalized spacial score (nSPS) is 28.4. The van der Waals surface area contributed by atoms with E-state index in [9.17, 15) is 33.3 Å². The monoisotopic (exact) mass is 477 g/mol. The molecule has 176 valence electrons. The summed E-state index contributed by atoms with van der Waals surface area (Å²) in [6.07, 6.45) is 0. The first kappa shape index (κ1) is 22.7. The van der Waals surface area contributed by atoms with Gasteiger partial charge in [0.1, 0.15) is 23.5 Å². The summed E-state index contributed by atoms with van der Waals surface area (Å²) in [6.45, 7) is 3.42. The Labute approximate surface area is 191 Å². The fourth-order valence-corrected chi connectivity index (χ4v) is 6.26. The van der Waals surface area contributed by atoms with Gasteiger partial charge in [-0.05, 0) is 19.4 Å². The minimum absolute atomic E-state index is 0.135. The number of carbonyl (C=O) groups excluding carboxylic acids is 4. The molecule has 0 spiro atoms. The van der Waals surface area contributed by atoms with E-state index in [-0.39, 0.29) is 13.1 Å². The van der Waals surface area contributed by atoms with Gasteiger partial charge in [0.2, 0.25) is 11.8 Å². The first-order valence-electron chi connectivity index (χ1n) is 10.2. The van der Waals surface area contributed by atoms with Crippen molar-refractivity contribution in [2.75, 3.05) is 13.1 Å². The van der Waals surface area contributed by atoms with Crippen LogP contribution in [0.5, 0.6) is 0 Å². The van der Waals surface area contributed by atoms with Crippen molar-refractivity contribution in [3.8, 4) is 0 Å². The van der Waals surface area contributed by atoms with Gasteiger partial charge >= 0.3 is 18.0 Å². The number of carbonyl (C=O) groups is 5. The van der Waals surface area contributed by atoms with Crippen LogP contribution >= 0.6 is 0 Å². The third-order valence-corrected chi connectivity index (χ3v) is 8.25. The fraction of sp³-hybridized carbons (Fsp3) is 0.450. The molecule has 33 heavy (non-hydrogen) atoms. The van der Waals surface area contributed by atoms with Gasteiger partial charge in [-0.3, -0.25) is 13.8 Å². The molecule has 2 unspecified atom stereocenters. The Balaban J connectivity index is 1.55. The Morgan fingerprint density at radius 3 is 2.45 bits per heavy atom. The van der Waals surface area contributed by atoms with Crippen molar-refractivity contribution in [3.05, 3.63) is 35.9 Å². The molecular weight excluding hydrogens is 454 g/mol. The predicted octanol–water partition coefficient (Wildman–Crippen LogP) is -0.890. The van der Waals surface area contributed by atoms with Crippen LogP contribution in [0.15, 0.2) is 30.3 Å². The summed E-state index contributed by atoms with van der Waals surface area (Å²) in [5, 5.41) is 16.1. The van der Waals surface area contributed by atoms with Gasteiger partial charge in [-0.15, -0.1) is 0 Å². The molecule has 1 aromatic rings. The van der Waals surface area contributed by atoms with Crippen LogP contribution in [0.4, 0.5) is 9.59 Å². The van der Waals surface area contributed by atoms with E-state index in [1.165, 1.54) is 13.8 Å². The molecular formula is C20H23N5O7S. The molecule has 4 N–H and O–H groups in total. The number of benzene rings is 1. The van der Waals surface area contributed by atoms with Crippen molar-refractivity contribution >= 4 is 40.6 Å². The Hall–Kier alpha value is -3.48. The summed E-state index contributed by atoms with van der Waals surface area (Å²) in [4.78, 5) is 64.0. The highest BCUT2D eigenvalue weighted by Gasteiger charge is 2.68. The van der Waals surface area contributed by atoms with E-state index in [2.05, 4.69) is 16.0 Å². The molecule has 0 radical (unpaired) electrons. The second-order valence-corrected chi connectivity index (χ2v) is 10.6. The second kappa shape index (κ2) is 8.14. The highest BCUT2D eigenvalue weighted by Crippen LogP contribution is 2.43. The number of β-lactam (4-membered cyclic amide) rings is 1. The lowest BCUT2D eigenvalue weighted by atomic mass is 9.95. The van der Waals surface area contributed by atoms with Crippen LogP contribution < -0.4 is 16.0 Å². The lowest BCUT2D eigenvalue weighted by molar-refractivity contribution is -0.161. The summed E-state index contributed by atoms with van der Waals surface area (Å²) >= 11 is 0. The van der Waals surface area contributed by atoms with Gasteiger partial charge in [-0.1, -0.05) is 30.3 Å². The summed E-state index contributed by atoms with van der Waals surface area (Å²) in [5.74, 6) is -2.68. The van der Waals surface area contributed by atoms with Crippen molar-refractivity contribution in [2.24, 2.45) is 0 Å². The minimum Gasteiger partial charge on any atom is -0.480 e. The lowest BCUT2D eigenvalue weighted by Crippen LogP contribution is -2.72. The van der Waals surface area contributed by atoms with Crippen LogP contribution in [0.1, 0.15) is 25.5 Å². The van der Waals surface area contributed by atoms with E-state index >= 15 is 0 Å². The topological polar surface area (TPSA) is 165 Å². The lowest BCUT2D eigenvalue weighted by Gasteiger charge is -2.43. The molecule has 5 atom stereocenters. The zero-order valence-electron chi connectivity index (χ0n) is 17.8. The van der Waals surface area contributed by atoms with Crippen LogP contribution in [0.25, 0.3) is 0 Å². The number of carboxylic acids is 1. The molecule has 0 aromatic heterocycles. The Kier molecular flexibility index (Phi) is 5.60. The number of rotatable bonds is 5. The third kappa shape index (κ3) is 3.61. The molecule has 3 aliphatic heterocycles. The van der Waals surface area contributed by atoms with E-state index in [1.54, 1.807) is 30.3 Å². The smallest absolute Gasteiger partial charge is 0.328 e. The molecule has 0 aliphatic carbocycles. The maximum Gasteiger partial charge on any atom is 0.328 e. The number of fused-ring (bicyclic) bond motifs is 1. The number of carboxylic acid groups (broad SMARTS) is 1. The Bertz CT molecular complexity index is 1060. The molecule has 0 saturated carbocycles. The standard InChI is InChI=1S/C20H23N5O7S/c1-20(2)13(17(28)29)25-15(27)12(16(25)33(20)32)22-14(26)11(10-6-4-3-5-7-10)23-19(31)24-9-8-21-18(24)30/h3-7,11-13,16H,8-9H2,1-2H3,(H,21,30)(H,22,26)(H,23,31)(H,28,29)/t11?,12-,13+,16-,33?/m1/s1. The number of amides is 6. The van der Waals surface area contributed by atoms with Crippen molar-refractivity contribution in [1.82, 2.24) is 25.8 Å². The summed E-state index contributed by atoms with van der Waals surface area (Å²) in [5.41, 5.74) is 0.405. The molecule has 1 aromatic carbocycles. The average Bonchev–Trinajstić information content (AvgIpc) is 3.28. The van der Waals surface area contributed by atoms with Gasteiger partial charge in [0, 0.05) is 13.1 Å². The van der Waals surface area contributed by atoms with E-state index in [0.29, 0.717) is 5.56 Å². The number of urea groups is 2. The van der Waals surface area contributed by atoms with Crippen molar-refractivity contribution in [1.29, 1.82) is 0 Å². The highest BCUT2D eigenvalue weighted by molar-refractivity contribution is 7.87. The van der Waals surface area contributed by atoms with Crippen LogP contribution in [0, 0.1) is 0 Å². The Morgan fingerprint density at radius 2 is 1.88 bits per heavy atom. The largest absolute Gasteiger partial charge is 0.480 e. The Morgan fingerprint density at radius 1 is 1.21 bits per heavy atom. The maximum atomic E-state index is 13.2. The molecule has 13 heteroatoms. The fourth-order valence-electron chi connectivity index (χ4n) is 4.34. The zero-order chi connectivity index (χ0) is 24.1. The number of nitrogens with one attached hydrogen (secondary N) is 3. The SMILES string of the molecule is CC1(C)[C@H](C(=O)O)N2C(=O)[C@@H](NC(=O)C(NC(=O)N3CCNC3=O)c3ccccc3)[C@H]2S1=O. The molecule has 12 nitrogen and oxygen atoms in total. The molecule has 6 amide bonds. The van der Waals surface area contributed by atoms with E-state index < -0.39 is 68.9 Å². The van der Waals surface area contributed by atoms with Crippen LogP contribution in [-0.2, 0) is 25.2 Å². The summed E-state index contributed by atoms with van der Waals surface area (Å²) in [7, 11) is -1.75. The first-order chi connectivity index (χ1) is 15.6. The van der Waals surface area contributed by atoms with Gasteiger partial charge < -0.3 is 26.0 Å². The number of imide groups is 1. The first-order valence-corrected chi connectivity index (χ1v) is 11.4. The van der Waals surface area contributed by atoms with E-state index in [0.717, 1.165) is 9.80 Å². The zero-order valence-corrected chi connectivity index (χ0v) is 18.6. The quantitative estimate of drug-likeness (QED) is 0.399.